The van der Waals surface area contributed by atoms with Crippen molar-refractivity contribution in [1.29, 1.82) is 0 Å². The van der Waals surface area contributed by atoms with E-state index in [9.17, 15) is 4.79 Å². The largest absolute Gasteiger partial charge is 0.325 e. The van der Waals surface area contributed by atoms with Crippen LogP contribution < -0.4 is 5.32 Å². The number of thioether (sulfide) groups is 1. The third kappa shape index (κ3) is 4.78. The highest BCUT2D eigenvalue weighted by atomic mass is 79.9. The minimum atomic E-state index is -0.0118. The van der Waals surface area contributed by atoms with Crippen LogP contribution in [0.1, 0.15) is 28.9 Å². The molecule has 0 aliphatic rings. The van der Waals surface area contributed by atoms with Gasteiger partial charge in [0.25, 0.3) is 0 Å². The van der Waals surface area contributed by atoms with Crippen molar-refractivity contribution in [3.63, 3.8) is 0 Å². The van der Waals surface area contributed by atoms with E-state index in [-0.39, 0.29) is 5.91 Å². The summed E-state index contributed by atoms with van der Waals surface area (Å²) in [5.41, 5.74) is 4.90. The summed E-state index contributed by atoms with van der Waals surface area (Å²) < 4.78 is 0.894. The fourth-order valence-corrected chi connectivity index (χ4v) is 3.38. The quantitative estimate of drug-likeness (QED) is 0.601. The second kappa shape index (κ2) is 7.93. The van der Waals surface area contributed by atoms with Crippen LogP contribution >= 0.6 is 27.7 Å². The van der Waals surface area contributed by atoms with Crippen LogP contribution in [0.2, 0.25) is 0 Å². The average molecular weight is 394 g/mol. The molecule has 4 nitrogen and oxygen atoms in total. The lowest BCUT2D eigenvalue weighted by atomic mass is 10.1. The van der Waals surface area contributed by atoms with E-state index in [0.29, 0.717) is 12.8 Å². The standard InChI is InChI=1S/C17H20BrN3OS/c1-10-5-7-15(14(18)9-10)21-16(22)8-6-13-11(2)19-17(23-4)20-12(13)3/h5,7,9H,6,8H2,1-4H3,(H,21,22). The molecule has 0 unspecified atom stereocenters. The summed E-state index contributed by atoms with van der Waals surface area (Å²) in [7, 11) is 0. The van der Waals surface area contributed by atoms with Gasteiger partial charge in [-0.25, -0.2) is 9.97 Å². The van der Waals surface area contributed by atoms with Crippen molar-refractivity contribution in [3.8, 4) is 0 Å². The predicted octanol–water partition coefficient (Wildman–Crippen LogP) is 4.46. The van der Waals surface area contributed by atoms with Gasteiger partial charge in [-0.15, -0.1) is 0 Å². The second-order valence-electron chi connectivity index (χ2n) is 5.39. The number of hydrogen-bond acceptors (Lipinski definition) is 4. The van der Waals surface area contributed by atoms with E-state index < -0.39 is 0 Å². The van der Waals surface area contributed by atoms with Crippen molar-refractivity contribution in [1.82, 2.24) is 9.97 Å². The molecule has 0 radical (unpaired) electrons. The molecule has 6 heteroatoms. The fourth-order valence-electron chi connectivity index (χ4n) is 2.33. The number of amides is 1. The molecule has 0 aliphatic heterocycles. The van der Waals surface area contributed by atoms with E-state index in [4.69, 9.17) is 0 Å². The number of halogens is 1. The second-order valence-corrected chi connectivity index (χ2v) is 7.02. The van der Waals surface area contributed by atoms with Gasteiger partial charge in [0.15, 0.2) is 5.16 Å². The third-order valence-corrected chi connectivity index (χ3v) is 4.79. The first-order valence-electron chi connectivity index (χ1n) is 7.35. The highest BCUT2D eigenvalue weighted by Gasteiger charge is 2.11. The Labute approximate surface area is 149 Å². The van der Waals surface area contributed by atoms with Gasteiger partial charge >= 0.3 is 0 Å². The summed E-state index contributed by atoms with van der Waals surface area (Å²) in [5.74, 6) is -0.0118. The lowest BCUT2D eigenvalue weighted by molar-refractivity contribution is -0.116. The fraction of sp³-hybridized carbons (Fsp3) is 0.353. The summed E-state index contributed by atoms with van der Waals surface area (Å²) in [6.45, 7) is 5.95. The van der Waals surface area contributed by atoms with Crippen LogP contribution in [0.3, 0.4) is 0 Å². The van der Waals surface area contributed by atoms with Gasteiger partial charge in [-0.05, 0) is 72.6 Å². The number of anilines is 1. The van der Waals surface area contributed by atoms with Crippen LogP contribution in [-0.4, -0.2) is 22.1 Å². The normalized spacial score (nSPS) is 10.7. The minimum Gasteiger partial charge on any atom is -0.325 e. The van der Waals surface area contributed by atoms with Gasteiger partial charge in [0, 0.05) is 22.3 Å². The summed E-state index contributed by atoms with van der Waals surface area (Å²) >= 11 is 5.00. The summed E-state index contributed by atoms with van der Waals surface area (Å²) in [6.07, 6.45) is 3.01. The monoisotopic (exact) mass is 393 g/mol. The Morgan fingerprint density at radius 2 is 1.87 bits per heavy atom. The molecule has 0 aliphatic carbocycles. The topological polar surface area (TPSA) is 54.9 Å². The summed E-state index contributed by atoms with van der Waals surface area (Å²) in [6, 6.07) is 5.87. The molecular weight excluding hydrogens is 374 g/mol. The number of aryl methyl sites for hydroxylation is 3. The first-order valence-corrected chi connectivity index (χ1v) is 9.36. The predicted molar refractivity (Wildman–Crippen MR) is 99.1 cm³/mol. The van der Waals surface area contributed by atoms with E-state index in [1.165, 1.54) is 11.8 Å². The molecule has 2 rings (SSSR count). The van der Waals surface area contributed by atoms with E-state index >= 15 is 0 Å². The van der Waals surface area contributed by atoms with Gasteiger partial charge in [-0.3, -0.25) is 4.79 Å². The SMILES string of the molecule is CSc1nc(C)c(CCC(=O)Nc2ccc(C)cc2Br)c(C)n1. The maximum absolute atomic E-state index is 12.2. The first kappa shape index (κ1) is 17.9. The van der Waals surface area contributed by atoms with Crippen LogP contribution in [-0.2, 0) is 11.2 Å². The molecule has 0 saturated carbocycles. The molecule has 1 amide bonds. The Bertz CT molecular complexity index is 711. The number of nitrogens with one attached hydrogen (secondary N) is 1. The van der Waals surface area contributed by atoms with Crippen LogP contribution in [0, 0.1) is 20.8 Å². The Hall–Kier alpha value is -1.40. The van der Waals surface area contributed by atoms with Gasteiger partial charge in [-0.1, -0.05) is 17.8 Å². The molecular formula is C17H20BrN3OS. The van der Waals surface area contributed by atoms with Gasteiger partial charge < -0.3 is 5.32 Å². The molecule has 1 aromatic heterocycles. The zero-order valence-electron chi connectivity index (χ0n) is 13.7. The van der Waals surface area contributed by atoms with Crippen molar-refractivity contribution < 1.29 is 4.79 Å². The Kier molecular flexibility index (Phi) is 6.18. The van der Waals surface area contributed by atoms with Crippen molar-refractivity contribution in [3.05, 3.63) is 45.2 Å². The van der Waals surface area contributed by atoms with Crippen LogP contribution in [0.15, 0.2) is 27.8 Å². The van der Waals surface area contributed by atoms with E-state index in [1.807, 2.05) is 45.2 Å². The minimum absolute atomic E-state index is 0.0118. The lowest BCUT2D eigenvalue weighted by Gasteiger charge is -2.11. The molecule has 1 heterocycles. The smallest absolute Gasteiger partial charge is 0.224 e. The van der Waals surface area contributed by atoms with Crippen molar-refractivity contribution >= 4 is 39.3 Å². The van der Waals surface area contributed by atoms with Gasteiger partial charge in [-0.2, -0.15) is 0 Å². The Balaban J connectivity index is 2.02. The van der Waals surface area contributed by atoms with Crippen LogP contribution in [0.5, 0.6) is 0 Å². The zero-order valence-corrected chi connectivity index (χ0v) is 16.1. The maximum Gasteiger partial charge on any atom is 0.224 e. The molecule has 0 saturated heterocycles. The molecule has 1 N–H and O–H groups in total. The Morgan fingerprint density at radius 1 is 1.22 bits per heavy atom. The van der Waals surface area contributed by atoms with E-state index in [1.54, 1.807) is 0 Å². The molecule has 2 aromatic rings. The summed E-state index contributed by atoms with van der Waals surface area (Å²) in [5, 5.41) is 3.71. The first-order chi connectivity index (χ1) is 10.9. The number of nitrogens with zero attached hydrogens (tertiary/aromatic N) is 2. The van der Waals surface area contributed by atoms with Crippen molar-refractivity contribution in [2.45, 2.75) is 38.8 Å². The van der Waals surface area contributed by atoms with Crippen molar-refractivity contribution in [2.75, 3.05) is 11.6 Å². The Morgan fingerprint density at radius 3 is 2.43 bits per heavy atom. The molecule has 0 bridgehead atoms. The molecule has 1 aromatic carbocycles. The zero-order chi connectivity index (χ0) is 17.0. The van der Waals surface area contributed by atoms with Gasteiger partial charge in [0.05, 0.1) is 5.69 Å². The van der Waals surface area contributed by atoms with Gasteiger partial charge in [0.2, 0.25) is 5.91 Å². The number of aromatic nitrogens is 2. The number of rotatable bonds is 5. The maximum atomic E-state index is 12.2. The molecule has 0 spiro atoms. The molecule has 0 atom stereocenters. The van der Waals surface area contributed by atoms with E-state index in [0.717, 1.165) is 37.8 Å². The highest BCUT2D eigenvalue weighted by Crippen LogP contribution is 2.24. The number of carbonyl (C=O) groups is 1. The number of hydrogen-bond donors (Lipinski definition) is 1. The molecule has 122 valence electrons. The van der Waals surface area contributed by atoms with Gasteiger partial charge in [0.1, 0.15) is 0 Å². The average Bonchev–Trinajstić information content (AvgIpc) is 2.49. The third-order valence-electron chi connectivity index (χ3n) is 3.58. The molecule has 23 heavy (non-hydrogen) atoms. The van der Waals surface area contributed by atoms with Crippen LogP contribution in [0.25, 0.3) is 0 Å². The number of carbonyl (C=O) groups excluding carboxylic acids is 1. The van der Waals surface area contributed by atoms with Crippen molar-refractivity contribution in [2.24, 2.45) is 0 Å². The lowest BCUT2D eigenvalue weighted by Crippen LogP contribution is -2.14. The number of benzene rings is 1. The highest BCUT2D eigenvalue weighted by molar-refractivity contribution is 9.10. The van der Waals surface area contributed by atoms with Crippen LogP contribution in [0.4, 0.5) is 5.69 Å². The summed E-state index contributed by atoms with van der Waals surface area (Å²) in [4.78, 5) is 21.1. The van der Waals surface area contributed by atoms with E-state index in [2.05, 4.69) is 31.2 Å². The molecule has 0 fully saturated rings.